The van der Waals surface area contributed by atoms with Crippen LogP contribution in [0.1, 0.15) is 36.1 Å². The number of hydrogen-bond donors (Lipinski definition) is 1. The largest absolute Gasteiger partial charge is 0.365 e. The van der Waals surface area contributed by atoms with E-state index in [0.29, 0.717) is 11.6 Å². The number of nitrogens with one attached hydrogen (secondary N) is 1. The first kappa shape index (κ1) is 14.9. The van der Waals surface area contributed by atoms with Crippen LogP contribution in [-0.4, -0.2) is 34.1 Å². The van der Waals surface area contributed by atoms with Gasteiger partial charge in [0.15, 0.2) is 0 Å². The van der Waals surface area contributed by atoms with E-state index >= 15 is 0 Å². The molecule has 1 saturated heterocycles. The Labute approximate surface area is 141 Å². The Bertz CT molecular complexity index is 767. The van der Waals surface area contributed by atoms with E-state index in [-0.39, 0.29) is 0 Å². The summed E-state index contributed by atoms with van der Waals surface area (Å²) in [6, 6.07) is 6.57. The van der Waals surface area contributed by atoms with Gasteiger partial charge in [0, 0.05) is 31.0 Å². The molecule has 2 aromatic heterocycles. The molecule has 0 amide bonds. The summed E-state index contributed by atoms with van der Waals surface area (Å²) in [4.78, 5) is 15.3. The number of nitrogens with zero attached hydrogens (tertiary/aromatic N) is 5. The maximum absolute atomic E-state index is 9.53. The van der Waals surface area contributed by atoms with Crippen LogP contribution >= 0.6 is 0 Å². The van der Waals surface area contributed by atoms with Gasteiger partial charge in [0.1, 0.15) is 24.0 Å². The molecule has 6 heteroatoms. The maximum Gasteiger partial charge on any atom is 0.146 e. The van der Waals surface area contributed by atoms with E-state index in [1.807, 2.05) is 12.1 Å². The van der Waals surface area contributed by atoms with E-state index in [1.165, 1.54) is 11.3 Å². The highest BCUT2D eigenvalue weighted by Crippen LogP contribution is 2.29. The lowest BCUT2D eigenvalue weighted by molar-refractivity contribution is 0.525. The monoisotopic (exact) mass is 320 g/mol. The molecule has 6 nitrogen and oxygen atoms in total. The summed E-state index contributed by atoms with van der Waals surface area (Å²) in [5.41, 5.74) is 3.14. The van der Waals surface area contributed by atoms with E-state index < -0.39 is 0 Å². The van der Waals surface area contributed by atoms with Crippen molar-refractivity contribution in [3.63, 3.8) is 0 Å². The Kier molecular flexibility index (Phi) is 3.99. The molecule has 1 N–H and O–H groups in total. The van der Waals surface area contributed by atoms with Crippen LogP contribution < -0.4 is 10.2 Å². The van der Waals surface area contributed by atoms with Gasteiger partial charge in [-0.25, -0.2) is 15.0 Å². The zero-order valence-corrected chi connectivity index (χ0v) is 13.6. The SMILES string of the molecule is N#Cc1cc2c(nc1N1CCCC(Nc3ccncn3)C1)CCC2. The summed E-state index contributed by atoms with van der Waals surface area (Å²) in [5, 5.41) is 13.0. The van der Waals surface area contributed by atoms with Gasteiger partial charge in [-0.1, -0.05) is 0 Å². The van der Waals surface area contributed by atoms with Crippen molar-refractivity contribution >= 4 is 11.6 Å². The molecule has 1 aliphatic heterocycles. The summed E-state index contributed by atoms with van der Waals surface area (Å²) in [5.74, 6) is 1.70. The highest BCUT2D eigenvalue weighted by molar-refractivity contribution is 5.57. The number of aryl methyl sites for hydroxylation is 2. The first-order valence-electron chi connectivity index (χ1n) is 8.54. The average Bonchev–Trinajstić information content (AvgIpc) is 3.09. The molecule has 3 heterocycles. The number of piperidine rings is 1. The zero-order valence-electron chi connectivity index (χ0n) is 13.6. The molecular formula is C18H20N6. The van der Waals surface area contributed by atoms with Crippen molar-refractivity contribution in [2.45, 2.75) is 38.1 Å². The Morgan fingerprint density at radius 1 is 1.29 bits per heavy atom. The van der Waals surface area contributed by atoms with E-state index in [4.69, 9.17) is 4.98 Å². The molecule has 1 aliphatic carbocycles. The van der Waals surface area contributed by atoms with Gasteiger partial charge in [0.2, 0.25) is 0 Å². The fourth-order valence-corrected chi connectivity index (χ4v) is 3.66. The number of anilines is 2. The predicted molar refractivity (Wildman–Crippen MR) is 91.9 cm³/mol. The highest BCUT2D eigenvalue weighted by atomic mass is 15.2. The Morgan fingerprint density at radius 3 is 3.08 bits per heavy atom. The molecule has 24 heavy (non-hydrogen) atoms. The number of pyridine rings is 1. The molecule has 0 saturated carbocycles. The van der Waals surface area contributed by atoms with Gasteiger partial charge in [0.05, 0.1) is 5.56 Å². The lowest BCUT2D eigenvalue weighted by atomic mass is 10.0. The second-order valence-corrected chi connectivity index (χ2v) is 6.45. The topological polar surface area (TPSA) is 77.7 Å². The molecule has 0 bridgehead atoms. The van der Waals surface area contributed by atoms with Gasteiger partial charge in [-0.2, -0.15) is 5.26 Å². The molecule has 0 spiro atoms. The molecule has 2 aliphatic rings. The number of aromatic nitrogens is 3. The van der Waals surface area contributed by atoms with Crippen molar-refractivity contribution in [3.05, 3.63) is 41.5 Å². The molecule has 0 aromatic carbocycles. The van der Waals surface area contributed by atoms with E-state index in [9.17, 15) is 5.26 Å². The van der Waals surface area contributed by atoms with E-state index in [0.717, 1.165) is 56.8 Å². The molecule has 1 fully saturated rings. The highest BCUT2D eigenvalue weighted by Gasteiger charge is 2.25. The average molecular weight is 320 g/mol. The smallest absolute Gasteiger partial charge is 0.146 e. The molecule has 1 unspecified atom stereocenters. The molecule has 1 atom stereocenters. The lowest BCUT2D eigenvalue weighted by Gasteiger charge is -2.34. The third-order valence-corrected chi connectivity index (χ3v) is 4.81. The van der Waals surface area contributed by atoms with Crippen molar-refractivity contribution in [1.82, 2.24) is 15.0 Å². The van der Waals surface area contributed by atoms with Gasteiger partial charge >= 0.3 is 0 Å². The van der Waals surface area contributed by atoms with Gasteiger partial charge in [0.25, 0.3) is 0 Å². The second-order valence-electron chi connectivity index (χ2n) is 6.45. The van der Waals surface area contributed by atoms with Gasteiger partial charge < -0.3 is 10.2 Å². The van der Waals surface area contributed by atoms with Crippen molar-refractivity contribution in [1.29, 1.82) is 5.26 Å². The second kappa shape index (κ2) is 6.44. The Hall–Kier alpha value is -2.68. The number of fused-ring (bicyclic) bond motifs is 1. The number of rotatable bonds is 3. The van der Waals surface area contributed by atoms with Crippen LogP contribution in [0.4, 0.5) is 11.6 Å². The molecule has 0 radical (unpaired) electrons. The molecule has 122 valence electrons. The van der Waals surface area contributed by atoms with E-state index in [1.54, 1.807) is 12.5 Å². The van der Waals surface area contributed by atoms with Crippen molar-refractivity contribution in [2.24, 2.45) is 0 Å². The Balaban J connectivity index is 1.55. The summed E-state index contributed by atoms with van der Waals surface area (Å²) in [6.45, 7) is 1.78. The first-order chi connectivity index (χ1) is 11.8. The minimum Gasteiger partial charge on any atom is -0.365 e. The Morgan fingerprint density at radius 2 is 2.25 bits per heavy atom. The number of nitriles is 1. The third kappa shape index (κ3) is 2.90. The molecule has 4 rings (SSSR count). The van der Waals surface area contributed by atoms with Gasteiger partial charge in [-0.3, -0.25) is 0 Å². The molecule has 2 aromatic rings. The summed E-state index contributed by atoms with van der Waals surface area (Å²) >= 11 is 0. The summed E-state index contributed by atoms with van der Waals surface area (Å²) in [7, 11) is 0. The van der Waals surface area contributed by atoms with Crippen LogP contribution in [0.3, 0.4) is 0 Å². The predicted octanol–water partition coefficient (Wildman–Crippen LogP) is 2.31. The fourth-order valence-electron chi connectivity index (χ4n) is 3.66. The quantitative estimate of drug-likeness (QED) is 0.935. The van der Waals surface area contributed by atoms with Gasteiger partial charge in [-0.15, -0.1) is 0 Å². The van der Waals surface area contributed by atoms with Gasteiger partial charge in [-0.05, 0) is 49.8 Å². The van der Waals surface area contributed by atoms with Crippen molar-refractivity contribution < 1.29 is 0 Å². The van der Waals surface area contributed by atoms with Crippen LogP contribution in [-0.2, 0) is 12.8 Å². The zero-order chi connectivity index (χ0) is 16.4. The fraction of sp³-hybridized carbons (Fsp3) is 0.444. The summed E-state index contributed by atoms with van der Waals surface area (Å²) in [6.07, 6.45) is 8.69. The number of hydrogen-bond acceptors (Lipinski definition) is 6. The minimum absolute atomic E-state index is 0.301. The lowest BCUT2D eigenvalue weighted by Crippen LogP contribution is -2.43. The van der Waals surface area contributed by atoms with E-state index in [2.05, 4.69) is 26.3 Å². The summed E-state index contributed by atoms with van der Waals surface area (Å²) < 4.78 is 0. The van der Waals surface area contributed by atoms with Crippen LogP contribution in [0.5, 0.6) is 0 Å². The van der Waals surface area contributed by atoms with Crippen LogP contribution in [0.15, 0.2) is 24.7 Å². The van der Waals surface area contributed by atoms with Crippen LogP contribution in [0.25, 0.3) is 0 Å². The van der Waals surface area contributed by atoms with Crippen molar-refractivity contribution in [2.75, 3.05) is 23.3 Å². The van der Waals surface area contributed by atoms with Crippen LogP contribution in [0.2, 0.25) is 0 Å². The first-order valence-corrected chi connectivity index (χ1v) is 8.54. The minimum atomic E-state index is 0.301. The van der Waals surface area contributed by atoms with Crippen molar-refractivity contribution in [3.8, 4) is 6.07 Å². The standard InChI is InChI=1S/C18H20N6/c19-10-14-9-13-3-1-5-16(13)23-18(14)24-8-2-4-15(11-24)22-17-6-7-20-12-21-17/h6-7,9,12,15H,1-5,8,11H2,(H,20,21,22). The normalized spacial score (nSPS) is 19.6. The third-order valence-electron chi connectivity index (χ3n) is 4.81. The molecular weight excluding hydrogens is 300 g/mol. The maximum atomic E-state index is 9.53. The van der Waals surface area contributed by atoms with Crippen LogP contribution in [0, 0.1) is 11.3 Å².